The number of anilines is 1. The second-order valence-corrected chi connectivity index (χ2v) is 5.71. The lowest BCUT2D eigenvalue weighted by atomic mass is 9.74. The third-order valence-corrected chi connectivity index (χ3v) is 4.50. The maximum Gasteiger partial charge on any atom is 0.311 e. The average Bonchev–Trinajstić information content (AvgIpc) is 2.43. The van der Waals surface area contributed by atoms with Crippen molar-refractivity contribution in [2.75, 3.05) is 32.6 Å². The molecule has 2 aliphatic rings. The van der Waals surface area contributed by atoms with Crippen molar-refractivity contribution in [1.82, 2.24) is 4.90 Å². The Morgan fingerprint density at radius 2 is 2.30 bits per heavy atom. The lowest BCUT2D eigenvalue weighted by Gasteiger charge is -2.44. The van der Waals surface area contributed by atoms with Gasteiger partial charge in [-0.25, -0.2) is 0 Å². The number of para-hydroxylation sites is 1. The molecule has 5 nitrogen and oxygen atoms in total. The van der Waals surface area contributed by atoms with Gasteiger partial charge in [0.05, 0.1) is 18.7 Å². The number of nitrogens with one attached hydrogen (secondary N) is 1. The van der Waals surface area contributed by atoms with Gasteiger partial charge < -0.3 is 20.1 Å². The highest BCUT2D eigenvalue weighted by Gasteiger charge is 2.43. The van der Waals surface area contributed by atoms with Crippen LogP contribution in [0.3, 0.4) is 0 Å². The number of carbonyl (C=O) groups is 1. The highest BCUT2D eigenvalue weighted by atomic mass is 16.5. The van der Waals surface area contributed by atoms with Gasteiger partial charge in [0.1, 0.15) is 5.75 Å². The van der Waals surface area contributed by atoms with Crippen molar-refractivity contribution in [3.63, 3.8) is 0 Å². The predicted molar refractivity (Wildman–Crippen MR) is 76.4 cm³/mol. The number of aliphatic carboxylic acids is 1. The molecule has 108 valence electrons. The topological polar surface area (TPSA) is 61.8 Å². The normalized spacial score (nSPS) is 29.0. The van der Waals surface area contributed by atoms with Crippen LogP contribution in [-0.2, 0) is 4.79 Å². The van der Waals surface area contributed by atoms with E-state index in [1.165, 1.54) is 0 Å². The zero-order valence-corrected chi connectivity index (χ0v) is 11.8. The summed E-state index contributed by atoms with van der Waals surface area (Å²) in [5.74, 6) is -0.377. The molecule has 3 unspecified atom stereocenters. The minimum Gasteiger partial charge on any atom is -0.495 e. The van der Waals surface area contributed by atoms with Crippen molar-refractivity contribution < 1.29 is 14.6 Å². The van der Waals surface area contributed by atoms with Crippen LogP contribution >= 0.6 is 0 Å². The lowest BCUT2D eigenvalue weighted by molar-refractivity contribution is -0.141. The van der Waals surface area contributed by atoms with E-state index in [9.17, 15) is 9.90 Å². The van der Waals surface area contributed by atoms with Crippen LogP contribution in [0.2, 0.25) is 0 Å². The summed E-state index contributed by atoms with van der Waals surface area (Å²) in [5, 5.41) is 13.2. The summed E-state index contributed by atoms with van der Waals surface area (Å²) in [7, 11) is 3.67. The van der Waals surface area contributed by atoms with Gasteiger partial charge in [-0.05, 0) is 31.6 Å². The summed E-state index contributed by atoms with van der Waals surface area (Å²) in [6, 6.07) is 5.84. The minimum atomic E-state index is -0.744. The van der Waals surface area contributed by atoms with Gasteiger partial charge in [-0.15, -0.1) is 0 Å². The maximum absolute atomic E-state index is 11.8. The van der Waals surface area contributed by atoms with E-state index in [0.29, 0.717) is 0 Å². The molecule has 0 bridgehead atoms. The number of benzene rings is 1. The summed E-state index contributed by atoms with van der Waals surface area (Å²) in [6.07, 6.45) is 0.961. The summed E-state index contributed by atoms with van der Waals surface area (Å²) < 4.78 is 5.38. The van der Waals surface area contributed by atoms with Gasteiger partial charge in [-0.1, -0.05) is 12.1 Å². The van der Waals surface area contributed by atoms with Crippen LogP contribution in [0, 0.1) is 5.92 Å². The Morgan fingerprint density at radius 1 is 1.50 bits per heavy atom. The second-order valence-electron chi connectivity index (χ2n) is 5.71. The van der Waals surface area contributed by atoms with Crippen LogP contribution in [-0.4, -0.2) is 49.3 Å². The summed E-state index contributed by atoms with van der Waals surface area (Å²) in [4.78, 5) is 14.0. The van der Waals surface area contributed by atoms with Crippen molar-refractivity contribution in [1.29, 1.82) is 0 Å². The molecule has 0 amide bonds. The lowest BCUT2D eigenvalue weighted by Crippen LogP contribution is -2.51. The number of hydrogen-bond donors (Lipinski definition) is 2. The van der Waals surface area contributed by atoms with Crippen molar-refractivity contribution in [3.8, 4) is 5.75 Å². The van der Waals surface area contributed by atoms with Crippen LogP contribution in [0.1, 0.15) is 17.9 Å². The summed E-state index contributed by atoms with van der Waals surface area (Å²) >= 11 is 0. The standard InChI is InChI=1S/C15H20N2O3/c1-17-7-6-11-10(8-17)13(15(18)19)9-4-3-5-12(20-2)14(9)16-11/h3-5,10-11,13,16H,6-8H2,1-2H3,(H,18,19). The quantitative estimate of drug-likeness (QED) is 0.859. The van der Waals surface area contributed by atoms with E-state index in [1.54, 1.807) is 7.11 Å². The van der Waals surface area contributed by atoms with Crippen LogP contribution in [0.5, 0.6) is 5.75 Å². The fraction of sp³-hybridized carbons (Fsp3) is 0.533. The fourth-order valence-electron chi connectivity index (χ4n) is 3.53. The Balaban J connectivity index is 2.07. The molecule has 0 saturated carbocycles. The monoisotopic (exact) mass is 276 g/mol. The smallest absolute Gasteiger partial charge is 0.311 e. The first-order valence-corrected chi connectivity index (χ1v) is 6.96. The molecule has 20 heavy (non-hydrogen) atoms. The number of rotatable bonds is 2. The number of piperidine rings is 1. The van der Waals surface area contributed by atoms with Gasteiger partial charge in [-0.2, -0.15) is 0 Å². The largest absolute Gasteiger partial charge is 0.495 e. The highest BCUT2D eigenvalue weighted by molar-refractivity contribution is 5.82. The molecular formula is C15H20N2O3. The molecule has 3 atom stereocenters. The third-order valence-electron chi connectivity index (χ3n) is 4.50. The molecule has 2 heterocycles. The minimum absolute atomic E-state index is 0.103. The Kier molecular flexibility index (Phi) is 3.30. The Labute approximate surface area is 118 Å². The van der Waals surface area contributed by atoms with E-state index in [-0.39, 0.29) is 12.0 Å². The molecule has 2 N–H and O–H groups in total. The van der Waals surface area contributed by atoms with E-state index < -0.39 is 11.9 Å². The van der Waals surface area contributed by atoms with Crippen molar-refractivity contribution in [2.45, 2.75) is 18.4 Å². The highest BCUT2D eigenvalue weighted by Crippen LogP contribution is 2.45. The first-order valence-electron chi connectivity index (χ1n) is 6.96. The molecule has 0 aliphatic carbocycles. The zero-order valence-electron chi connectivity index (χ0n) is 11.8. The number of fused-ring (bicyclic) bond motifs is 2. The van der Waals surface area contributed by atoms with Crippen LogP contribution in [0.15, 0.2) is 18.2 Å². The number of ether oxygens (including phenoxy) is 1. The SMILES string of the molecule is COc1cccc2c1NC1CCN(C)CC1C2C(=O)O. The molecule has 1 fully saturated rings. The van der Waals surface area contributed by atoms with Gasteiger partial charge in [-0.3, -0.25) is 4.79 Å². The van der Waals surface area contributed by atoms with E-state index in [0.717, 1.165) is 36.5 Å². The summed E-state index contributed by atoms with van der Waals surface area (Å²) in [5.41, 5.74) is 1.70. The van der Waals surface area contributed by atoms with Gasteiger partial charge in [0, 0.05) is 18.5 Å². The van der Waals surface area contributed by atoms with Crippen LogP contribution < -0.4 is 10.1 Å². The van der Waals surface area contributed by atoms with Crippen LogP contribution in [0.4, 0.5) is 5.69 Å². The maximum atomic E-state index is 11.8. The van der Waals surface area contributed by atoms with Gasteiger partial charge in [0.15, 0.2) is 0 Å². The van der Waals surface area contributed by atoms with Crippen molar-refractivity contribution in [2.24, 2.45) is 5.92 Å². The Hall–Kier alpha value is -1.75. The number of carboxylic acids is 1. The number of likely N-dealkylation sites (tertiary alicyclic amines) is 1. The van der Waals surface area contributed by atoms with E-state index in [4.69, 9.17) is 4.74 Å². The molecule has 1 aromatic rings. The van der Waals surface area contributed by atoms with E-state index in [1.807, 2.05) is 18.2 Å². The summed E-state index contributed by atoms with van der Waals surface area (Å²) in [6.45, 7) is 1.80. The number of carboxylic acid groups (broad SMARTS) is 1. The molecular weight excluding hydrogens is 256 g/mol. The third kappa shape index (κ3) is 2.02. The molecule has 0 spiro atoms. The molecule has 0 radical (unpaired) electrons. The molecule has 5 heteroatoms. The van der Waals surface area contributed by atoms with Gasteiger partial charge >= 0.3 is 5.97 Å². The van der Waals surface area contributed by atoms with Gasteiger partial charge in [0.2, 0.25) is 0 Å². The molecule has 0 aromatic heterocycles. The van der Waals surface area contributed by atoms with E-state index in [2.05, 4.69) is 17.3 Å². The Morgan fingerprint density at radius 3 is 3.00 bits per heavy atom. The zero-order chi connectivity index (χ0) is 14.3. The van der Waals surface area contributed by atoms with Crippen molar-refractivity contribution >= 4 is 11.7 Å². The second kappa shape index (κ2) is 4.98. The predicted octanol–water partition coefficient (Wildman–Crippen LogP) is 1.61. The molecule has 2 aliphatic heterocycles. The number of methoxy groups -OCH3 is 1. The average molecular weight is 276 g/mol. The fourth-order valence-corrected chi connectivity index (χ4v) is 3.53. The van der Waals surface area contributed by atoms with E-state index >= 15 is 0 Å². The Bertz CT molecular complexity index is 532. The van der Waals surface area contributed by atoms with Crippen LogP contribution in [0.25, 0.3) is 0 Å². The molecule has 3 rings (SSSR count). The first-order chi connectivity index (χ1) is 9.61. The molecule has 1 aromatic carbocycles. The number of hydrogen-bond acceptors (Lipinski definition) is 4. The first kappa shape index (κ1) is 13.2. The molecule has 1 saturated heterocycles. The number of nitrogens with zero attached hydrogens (tertiary/aromatic N) is 1. The van der Waals surface area contributed by atoms with Gasteiger partial charge in [0.25, 0.3) is 0 Å². The van der Waals surface area contributed by atoms with Crippen molar-refractivity contribution in [3.05, 3.63) is 23.8 Å².